The number of furan rings is 1. The van der Waals surface area contributed by atoms with Crippen LogP contribution in [0.4, 0.5) is 0 Å². The standard InChI is InChI=1S/C18H18N4O4S/c1-22-17(15-7-4-8-24-15)20-21-18(22)27-11-16(23)19-9-12-10-25-13-5-2-3-6-14(13)26-12/h2-8,12H,9-11H2,1H3,(H,19,23)/t12-/m1/s1. The highest BCUT2D eigenvalue weighted by Crippen LogP contribution is 2.30. The Labute approximate surface area is 159 Å². The smallest absolute Gasteiger partial charge is 0.230 e. The first-order chi connectivity index (χ1) is 13.2. The largest absolute Gasteiger partial charge is 0.486 e. The molecule has 27 heavy (non-hydrogen) atoms. The van der Waals surface area contributed by atoms with E-state index in [0.717, 1.165) is 5.75 Å². The van der Waals surface area contributed by atoms with Gasteiger partial charge in [0.1, 0.15) is 12.7 Å². The molecule has 140 valence electrons. The van der Waals surface area contributed by atoms with Crippen LogP contribution in [0.5, 0.6) is 11.5 Å². The molecule has 1 aromatic carbocycles. The van der Waals surface area contributed by atoms with Crippen LogP contribution in [-0.2, 0) is 11.8 Å². The van der Waals surface area contributed by atoms with E-state index in [4.69, 9.17) is 13.9 Å². The zero-order chi connectivity index (χ0) is 18.6. The summed E-state index contributed by atoms with van der Waals surface area (Å²) in [6.45, 7) is 0.782. The number of hydrogen-bond acceptors (Lipinski definition) is 7. The Morgan fingerprint density at radius 2 is 2.11 bits per heavy atom. The topological polar surface area (TPSA) is 91.4 Å². The molecule has 0 aliphatic carbocycles. The number of benzene rings is 1. The minimum Gasteiger partial charge on any atom is -0.486 e. The van der Waals surface area contributed by atoms with Crippen molar-refractivity contribution in [2.75, 3.05) is 18.9 Å². The molecule has 1 aliphatic rings. The zero-order valence-electron chi connectivity index (χ0n) is 14.6. The van der Waals surface area contributed by atoms with Crippen LogP contribution in [0, 0.1) is 0 Å². The number of aromatic nitrogens is 3. The molecule has 0 saturated heterocycles. The Bertz CT molecular complexity index is 925. The van der Waals surface area contributed by atoms with Gasteiger partial charge in [0.25, 0.3) is 0 Å². The Balaban J connectivity index is 1.26. The molecule has 4 rings (SSSR count). The van der Waals surface area contributed by atoms with Crippen molar-refractivity contribution in [3.63, 3.8) is 0 Å². The summed E-state index contributed by atoms with van der Waals surface area (Å²) >= 11 is 1.31. The quantitative estimate of drug-likeness (QED) is 0.649. The first-order valence-electron chi connectivity index (χ1n) is 8.42. The van der Waals surface area contributed by atoms with Gasteiger partial charge < -0.3 is 23.8 Å². The predicted octanol–water partition coefficient (Wildman–Crippen LogP) is 2.12. The van der Waals surface area contributed by atoms with E-state index in [9.17, 15) is 4.79 Å². The summed E-state index contributed by atoms with van der Waals surface area (Å²) in [5.74, 6) is 2.80. The number of hydrogen-bond donors (Lipinski definition) is 1. The van der Waals surface area contributed by atoms with Crippen LogP contribution in [-0.4, -0.2) is 45.7 Å². The highest BCUT2D eigenvalue weighted by molar-refractivity contribution is 7.99. The lowest BCUT2D eigenvalue weighted by molar-refractivity contribution is -0.119. The summed E-state index contributed by atoms with van der Waals surface area (Å²) in [4.78, 5) is 12.1. The van der Waals surface area contributed by atoms with Crippen molar-refractivity contribution in [1.82, 2.24) is 20.1 Å². The second kappa shape index (κ2) is 7.75. The Hall–Kier alpha value is -2.94. The summed E-state index contributed by atoms with van der Waals surface area (Å²) in [6.07, 6.45) is 1.37. The lowest BCUT2D eigenvalue weighted by atomic mass is 10.2. The highest BCUT2D eigenvalue weighted by atomic mass is 32.2. The van der Waals surface area contributed by atoms with Crippen LogP contribution in [0.2, 0.25) is 0 Å². The number of nitrogens with one attached hydrogen (secondary N) is 1. The number of ether oxygens (including phenoxy) is 2. The maximum Gasteiger partial charge on any atom is 0.230 e. The maximum absolute atomic E-state index is 12.1. The predicted molar refractivity (Wildman–Crippen MR) is 98.8 cm³/mol. The van der Waals surface area contributed by atoms with E-state index in [0.29, 0.717) is 35.6 Å². The van der Waals surface area contributed by atoms with Gasteiger partial charge in [-0.25, -0.2) is 0 Å². The first kappa shape index (κ1) is 17.5. The molecule has 8 nitrogen and oxygen atoms in total. The molecule has 3 heterocycles. The fraction of sp³-hybridized carbons (Fsp3) is 0.278. The molecular formula is C18H18N4O4S. The number of carbonyl (C=O) groups excluding carboxylic acids is 1. The van der Waals surface area contributed by atoms with Crippen molar-refractivity contribution >= 4 is 17.7 Å². The summed E-state index contributed by atoms with van der Waals surface area (Å²) in [5.41, 5.74) is 0. The third-order valence-electron chi connectivity index (χ3n) is 4.00. The van der Waals surface area contributed by atoms with Crippen molar-refractivity contribution in [1.29, 1.82) is 0 Å². The van der Waals surface area contributed by atoms with Crippen molar-refractivity contribution in [3.05, 3.63) is 42.7 Å². The molecule has 0 spiro atoms. The van der Waals surface area contributed by atoms with Crippen LogP contribution in [0.3, 0.4) is 0 Å². The molecule has 0 bridgehead atoms. The molecule has 1 aliphatic heterocycles. The van der Waals surface area contributed by atoms with E-state index in [1.54, 1.807) is 16.9 Å². The Morgan fingerprint density at radius 1 is 1.26 bits per heavy atom. The number of rotatable bonds is 6. The van der Waals surface area contributed by atoms with Crippen molar-refractivity contribution < 1.29 is 18.7 Å². The number of thioether (sulfide) groups is 1. The van der Waals surface area contributed by atoms with Crippen molar-refractivity contribution in [2.45, 2.75) is 11.3 Å². The van der Waals surface area contributed by atoms with Crippen LogP contribution in [0.15, 0.2) is 52.2 Å². The van der Waals surface area contributed by atoms with Crippen LogP contribution >= 0.6 is 11.8 Å². The van der Waals surface area contributed by atoms with Gasteiger partial charge in [-0.05, 0) is 24.3 Å². The van der Waals surface area contributed by atoms with E-state index >= 15 is 0 Å². The number of amides is 1. The summed E-state index contributed by atoms with van der Waals surface area (Å²) in [7, 11) is 1.84. The zero-order valence-corrected chi connectivity index (χ0v) is 15.4. The van der Waals surface area contributed by atoms with Gasteiger partial charge in [-0.3, -0.25) is 4.79 Å². The molecule has 0 unspecified atom stereocenters. The van der Waals surface area contributed by atoms with Gasteiger partial charge in [0, 0.05) is 7.05 Å². The van der Waals surface area contributed by atoms with E-state index < -0.39 is 0 Å². The van der Waals surface area contributed by atoms with E-state index in [-0.39, 0.29) is 17.8 Å². The van der Waals surface area contributed by atoms with Crippen LogP contribution in [0.25, 0.3) is 11.6 Å². The number of para-hydroxylation sites is 2. The Kier molecular flexibility index (Phi) is 5.01. The monoisotopic (exact) mass is 386 g/mol. The van der Waals surface area contributed by atoms with Crippen molar-refractivity contribution in [2.24, 2.45) is 7.05 Å². The van der Waals surface area contributed by atoms with E-state index in [2.05, 4.69) is 15.5 Å². The van der Waals surface area contributed by atoms with Gasteiger partial charge >= 0.3 is 0 Å². The van der Waals surface area contributed by atoms with E-state index in [1.807, 2.05) is 37.4 Å². The van der Waals surface area contributed by atoms with E-state index in [1.165, 1.54) is 11.8 Å². The molecular weight excluding hydrogens is 368 g/mol. The number of nitrogens with zero attached hydrogens (tertiary/aromatic N) is 3. The van der Waals surface area contributed by atoms with Crippen molar-refractivity contribution in [3.8, 4) is 23.1 Å². The third-order valence-corrected chi connectivity index (χ3v) is 5.02. The molecule has 1 N–H and O–H groups in total. The number of fused-ring (bicyclic) bond motifs is 1. The van der Waals surface area contributed by atoms with Crippen LogP contribution in [0.1, 0.15) is 0 Å². The molecule has 9 heteroatoms. The summed E-state index contributed by atoms with van der Waals surface area (Å²) in [5, 5.41) is 11.7. The maximum atomic E-state index is 12.1. The van der Waals surface area contributed by atoms with Gasteiger partial charge in [0.05, 0.1) is 18.6 Å². The molecule has 1 atom stereocenters. The number of carbonyl (C=O) groups is 1. The van der Waals surface area contributed by atoms with Crippen LogP contribution < -0.4 is 14.8 Å². The summed E-state index contributed by atoms with van der Waals surface area (Å²) in [6, 6.07) is 11.1. The SMILES string of the molecule is Cn1c(SCC(=O)NC[C@@H]2COc3ccccc3O2)nnc1-c1ccco1. The summed E-state index contributed by atoms with van der Waals surface area (Å²) < 4.78 is 18.6. The van der Waals surface area contributed by atoms with Gasteiger partial charge in [-0.15, -0.1) is 10.2 Å². The highest BCUT2D eigenvalue weighted by Gasteiger charge is 2.21. The average molecular weight is 386 g/mol. The second-order valence-electron chi connectivity index (χ2n) is 5.93. The minimum absolute atomic E-state index is 0.106. The normalized spacial score (nSPS) is 15.5. The minimum atomic E-state index is -0.214. The van der Waals surface area contributed by atoms with Gasteiger partial charge in [-0.1, -0.05) is 23.9 Å². The molecule has 0 saturated carbocycles. The fourth-order valence-electron chi connectivity index (χ4n) is 2.63. The molecule has 2 aromatic heterocycles. The van der Waals surface area contributed by atoms with Gasteiger partial charge in [0.15, 0.2) is 28.2 Å². The average Bonchev–Trinajstić information content (AvgIpc) is 3.34. The molecule has 0 radical (unpaired) electrons. The fourth-order valence-corrected chi connectivity index (χ4v) is 3.37. The molecule has 3 aromatic rings. The van der Waals surface area contributed by atoms with Gasteiger partial charge in [-0.2, -0.15) is 0 Å². The molecule has 0 fully saturated rings. The molecule has 1 amide bonds. The second-order valence-corrected chi connectivity index (χ2v) is 6.88. The lowest BCUT2D eigenvalue weighted by Crippen LogP contribution is -2.41. The Morgan fingerprint density at radius 3 is 2.93 bits per heavy atom. The lowest BCUT2D eigenvalue weighted by Gasteiger charge is -2.26. The van der Waals surface area contributed by atoms with Gasteiger partial charge in [0.2, 0.25) is 5.91 Å². The third kappa shape index (κ3) is 3.92. The first-order valence-corrected chi connectivity index (χ1v) is 9.40.